The van der Waals surface area contributed by atoms with E-state index in [1.165, 1.54) is 32.2 Å². The van der Waals surface area contributed by atoms with Crippen LogP contribution in [0.15, 0.2) is 0 Å². The molecule has 1 rings (SSSR count). The van der Waals surface area contributed by atoms with Gasteiger partial charge in [0, 0.05) is 26.2 Å². The Morgan fingerprint density at radius 3 is 2.93 bits per heavy atom. The molecule has 1 aliphatic heterocycles. The van der Waals surface area contributed by atoms with E-state index in [0.29, 0.717) is 6.10 Å². The molecule has 0 aromatic heterocycles. The average molecular weight is 214 g/mol. The SMILES string of the molecule is CCCCN(C)CCNCC1CCCO1. The molecular formula is C12H26N2O. The second-order valence-electron chi connectivity index (χ2n) is 4.50. The van der Waals surface area contributed by atoms with Gasteiger partial charge in [-0.1, -0.05) is 13.3 Å². The molecule has 1 fully saturated rings. The first-order valence-corrected chi connectivity index (χ1v) is 6.33. The molecule has 0 aliphatic carbocycles. The van der Waals surface area contributed by atoms with Gasteiger partial charge in [0.1, 0.15) is 0 Å². The van der Waals surface area contributed by atoms with Crippen LogP contribution in [0.25, 0.3) is 0 Å². The molecule has 1 aliphatic rings. The molecule has 90 valence electrons. The van der Waals surface area contributed by atoms with E-state index in [2.05, 4.69) is 24.2 Å². The maximum Gasteiger partial charge on any atom is 0.0700 e. The van der Waals surface area contributed by atoms with Crippen molar-refractivity contribution in [2.75, 3.05) is 39.8 Å². The normalized spacial score (nSPS) is 21.4. The molecule has 1 heterocycles. The molecule has 0 aromatic rings. The van der Waals surface area contributed by atoms with Gasteiger partial charge in [0.25, 0.3) is 0 Å². The summed E-state index contributed by atoms with van der Waals surface area (Å²) in [5.74, 6) is 0. The van der Waals surface area contributed by atoms with Crippen LogP contribution in [0.2, 0.25) is 0 Å². The van der Waals surface area contributed by atoms with Gasteiger partial charge in [0.15, 0.2) is 0 Å². The summed E-state index contributed by atoms with van der Waals surface area (Å²) in [5, 5.41) is 3.47. The predicted octanol–water partition coefficient (Wildman–Crippen LogP) is 1.49. The maximum absolute atomic E-state index is 5.55. The lowest BCUT2D eigenvalue weighted by molar-refractivity contribution is 0.109. The van der Waals surface area contributed by atoms with Crippen LogP contribution < -0.4 is 5.32 Å². The summed E-state index contributed by atoms with van der Waals surface area (Å²) < 4.78 is 5.55. The zero-order valence-electron chi connectivity index (χ0n) is 10.3. The van der Waals surface area contributed by atoms with Crippen LogP contribution in [0, 0.1) is 0 Å². The Hall–Kier alpha value is -0.120. The van der Waals surface area contributed by atoms with Crippen molar-refractivity contribution in [1.29, 1.82) is 0 Å². The fraction of sp³-hybridized carbons (Fsp3) is 1.00. The molecule has 1 saturated heterocycles. The number of unbranched alkanes of at least 4 members (excludes halogenated alkanes) is 1. The number of rotatable bonds is 8. The van der Waals surface area contributed by atoms with Crippen LogP contribution in [0.3, 0.4) is 0 Å². The van der Waals surface area contributed by atoms with Crippen LogP contribution in [0.5, 0.6) is 0 Å². The third-order valence-electron chi connectivity index (χ3n) is 2.96. The Morgan fingerprint density at radius 2 is 2.27 bits per heavy atom. The first-order valence-electron chi connectivity index (χ1n) is 6.33. The Balaban J connectivity index is 1.87. The highest BCUT2D eigenvalue weighted by atomic mass is 16.5. The van der Waals surface area contributed by atoms with E-state index < -0.39 is 0 Å². The molecule has 3 nitrogen and oxygen atoms in total. The standard InChI is InChI=1S/C12H26N2O/c1-3-4-8-14(2)9-7-13-11-12-6-5-10-15-12/h12-13H,3-11H2,1-2H3. The first kappa shape index (κ1) is 12.9. The molecule has 0 aromatic carbocycles. The van der Waals surface area contributed by atoms with Crippen LogP contribution in [0.4, 0.5) is 0 Å². The van der Waals surface area contributed by atoms with E-state index in [1.54, 1.807) is 0 Å². The number of nitrogens with one attached hydrogen (secondary N) is 1. The summed E-state index contributed by atoms with van der Waals surface area (Å²) in [5.41, 5.74) is 0. The van der Waals surface area contributed by atoms with Crippen molar-refractivity contribution in [3.05, 3.63) is 0 Å². The van der Waals surface area contributed by atoms with Gasteiger partial charge in [-0.2, -0.15) is 0 Å². The number of nitrogens with zero attached hydrogens (tertiary/aromatic N) is 1. The highest BCUT2D eigenvalue weighted by molar-refractivity contribution is 4.67. The van der Waals surface area contributed by atoms with Gasteiger partial charge in [0.2, 0.25) is 0 Å². The van der Waals surface area contributed by atoms with Crippen molar-refractivity contribution in [2.45, 2.75) is 38.7 Å². The third kappa shape index (κ3) is 6.13. The second-order valence-corrected chi connectivity index (χ2v) is 4.50. The lowest BCUT2D eigenvalue weighted by atomic mass is 10.2. The maximum atomic E-state index is 5.55. The fourth-order valence-corrected chi connectivity index (χ4v) is 1.88. The number of hydrogen-bond acceptors (Lipinski definition) is 3. The van der Waals surface area contributed by atoms with Crippen LogP contribution in [-0.2, 0) is 4.74 Å². The average Bonchev–Trinajstić information content (AvgIpc) is 2.74. The zero-order chi connectivity index (χ0) is 10.9. The fourth-order valence-electron chi connectivity index (χ4n) is 1.88. The zero-order valence-corrected chi connectivity index (χ0v) is 10.3. The highest BCUT2D eigenvalue weighted by Gasteiger charge is 2.14. The minimum atomic E-state index is 0.478. The van der Waals surface area contributed by atoms with Crippen molar-refractivity contribution in [1.82, 2.24) is 10.2 Å². The minimum Gasteiger partial charge on any atom is -0.377 e. The van der Waals surface area contributed by atoms with Crippen molar-refractivity contribution < 1.29 is 4.74 Å². The molecule has 0 radical (unpaired) electrons. The van der Waals surface area contributed by atoms with Crippen molar-refractivity contribution >= 4 is 0 Å². The molecule has 1 N–H and O–H groups in total. The van der Waals surface area contributed by atoms with Crippen LogP contribution in [-0.4, -0.2) is 50.8 Å². The molecule has 0 amide bonds. The molecule has 1 unspecified atom stereocenters. The van der Waals surface area contributed by atoms with Crippen LogP contribution >= 0.6 is 0 Å². The van der Waals surface area contributed by atoms with Gasteiger partial charge in [-0.15, -0.1) is 0 Å². The quantitative estimate of drug-likeness (QED) is 0.620. The largest absolute Gasteiger partial charge is 0.377 e. The summed E-state index contributed by atoms with van der Waals surface area (Å²) in [7, 11) is 2.20. The molecule has 1 atom stereocenters. The Morgan fingerprint density at radius 1 is 1.40 bits per heavy atom. The molecule has 0 bridgehead atoms. The first-order chi connectivity index (χ1) is 7.33. The molecule has 0 spiro atoms. The lowest BCUT2D eigenvalue weighted by Crippen LogP contribution is -2.34. The second kappa shape index (κ2) is 8.08. The van der Waals surface area contributed by atoms with Gasteiger partial charge >= 0.3 is 0 Å². The number of ether oxygens (including phenoxy) is 1. The Bertz CT molecular complexity index is 147. The minimum absolute atomic E-state index is 0.478. The third-order valence-corrected chi connectivity index (χ3v) is 2.96. The summed E-state index contributed by atoms with van der Waals surface area (Å²) in [6, 6.07) is 0. The van der Waals surface area contributed by atoms with E-state index in [0.717, 1.165) is 26.2 Å². The smallest absolute Gasteiger partial charge is 0.0700 e. The van der Waals surface area contributed by atoms with Crippen molar-refractivity contribution in [3.63, 3.8) is 0 Å². The summed E-state index contributed by atoms with van der Waals surface area (Å²) in [6.45, 7) is 7.68. The van der Waals surface area contributed by atoms with Crippen molar-refractivity contribution in [2.24, 2.45) is 0 Å². The molecule has 3 heteroatoms. The molecule has 15 heavy (non-hydrogen) atoms. The summed E-state index contributed by atoms with van der Waals surface area (Å²) in [6.07, 6.45) is 5.54. The summed E-state index contributed by atoms with van der Waals surface area (Å²) >= 11 is 0. The van der Waals surface area contributed by atoms with E-state index in [4.69, 9.17) is 4.74 Å². The Kier molecular flexibility index (Phi) is 6.98. The van der Waals surface area contributed by atoms with Gasteiger partial charge in [-0.3, -0.25) is 0 Å². The van der Waals surface area contributed by atoms with E-state index in [1.807, 2.05) is 0 Å². The van der Waals surface area contributed by atoms with Gasteiger partial charge in [-0.05, 0) is 32.9 Å². The van der Waals surface area contributed by atoms with Crippen molar-refractivity contribution in [3.8, 4) is 0 Å². The lowest BCUT2D eigenvalue weighted by Gasteiger charge is -2.17. The topological polar surface area (TPSA) is 24.5 Å². The van der Waals surface area contributed by atoms with E-state index in [-0.39, 0.29) is 0 Å². The van der Waals surface area contributed by atoms with E-state index >= 15 is 0 Å². The summed E-state index contributed by atoms with van der Waals surface area (Å²) in [4.78, 5) is 2.39. The predicted molar refractivity (Wildman–Crippen MR) is 64.2 cm³/mol. The van der Waals surface area contributed by atoms with Gasteiger partial charge in [-0.25, -0.2) is 0 Å². The number of hydrogen-bond donors (Lipinski definition) is 1. The van der Waals surface area contributed by atoms with E-state index in [9.17, 15) is 0 Å². The highest BCUT2D eigenvalue weighted by Crippen LogP contribution is 2.10. The van der Waals surface area contributed by atoms with Gasteiger partial charge in [0.05, 0.1) is 6.10 Å². The number of likely N-dealkylation sites (N-methyl/N-ethyl adjacent to an activating group) is 1. The molecule has 0 saturated carbocycles. The Labute approximate surface area is 94.2 Å². The van der Waals surface area contributed by atoms with Crippen LogP contribution in [0.1, 0.15) is 32.6 Å². The molecular weight excluding hydrogens is 188 g/mol. The monoisotopic (exact) mass is 214 g/mol. The van der Waals surface area contributed by atoms with Gasteiger partial charge < -0.3 is 15.0 Å².